The Morgan fingerprint density at radius 1 is 1.64 bits per heavy atom. The van der Waals surface area contributed by atoms with E-state index in [-0.39, 0.29) is 68.9 Å². The Bertz CT molecular complexity index is 109. The number of methoxy groups -OCH3 is 1. The summed E-state index contributed by atoms with van der Waals surface area (Å²) in [5.74, 6) is -0.423. The SMILES string of the molecule is CCCCC([NH-])C(=O)OC.[Cs+]. The molecule has 3 nitrogen and oxygen atoms in total. The monoisotopic (exact) mass is 277 g/mol. The second-order valence-corrected chi connectivity index (χ2v) is 2.22. The van der Waals surface area contributed by atoms with Crippen LogP contribution in [0.25, 0.3) is 5.73 Å². The van der Waals surface area contributed by atoms with Crippen LogP contribution in [0.2, 0.25) is 0 Å². The fourth-order valence-electron chi connectivity index (χ4n) is 0.668. The van der Waals surface area contributed by atoms with E-state index in [1.165, 1.54) is 7.11 Å². The summed E-state index contributed by atoms with van der Waals surface area (Å²) >= 11 is 0. The van der Waals surface area contributed by atoms with Gasteiger partial charge in [0.25, 0.3) is 5.97 Å². The van der Waals surface area contributed by atoms with Gasteiger partial charge < -0.3 is 10.5 Å². The molecule has 0 amide bonds. The molecule has 60 valence electrons. The van der Waals surface area contributed by atoms with Gasteiger partial charge in [0.05, 0.1) is 7.11 Å². The summed E-state index contributed by atoms with van der Waals surface area (Å²) in [7, 11) is 1.32. The van der Waals surface area contributed by atoms with Crippen molar-refractivity contribution in [3.8, 4) is 0 Å². The van der Waals surface area contributed by atoms with Crippen molar-refractivity contribution < 1.29 is 78.4 Å². The van der Waals surface area contributed by atoms with Gasteiger partial charge in [-0.1, -0.05) is 26.2 Å². The number of carbonyl (C=O) groups is 1. The topological polar surface area (TPSA) is 50.1 Å². The van der Waals surface area contributed by atoms with Gasteiger partial charge in [-0.25, -0.2) is 0 Å². The summed E-state index contributed by atoms with van der Waals surface area (Å²) in [6.07, 6.45) is 2.55. The molecule has 0 radical (unpaired) electrons. The van der Waals surface area contributed by atoms with Crippen LogP contribution in [0.1, 0.15) is 26.2 Å². The molecular weight excluding hydrogens is 263 g/mol. The first-order chi connectivity index (χ1) is 4.72. The van der Waals surface area contributed by atoms with E-state index in [2.05, 4.69) is 4.74 Å². The molecule has 0 bridgehead atoms. The van der Waals surface area contributed by atoms with Crippen LogP contribution >= 0.6 is 0 Å². The van der Waals surface area contributed by atoms with E-state index in [1.807, 2.05) is 6.92 Å². The Morgan fingerprint density at radius 3 is 2.55 bits per heavy atom. The minimum Gasteiger partial charge on any atom is -0.665 e. The molecule has 0 aromatic heterocycles. The molecule has 0 fully saturated rings. The number of carbonyl (C=O) groups excluding carboxylic acids is 1. The number of hydrogen-bond donors (Lipinski definition) is 0. The van der Waals surface area contributed by atoms with E-state index < -0.39 is 12.0 Å². The Morgan fingerprint density at radius 2 is 2.18 bits per heavy atom. The van der Waals surface area contributed by atoms with Crippen molar-refractivity contribution in [2.24, 2.45) is 0 Å². The zero-order chi connectivity index (χ0) is 7.98. The summed E-state index contributed by atoms with van der Waals surface area (Å²) in [4.78, 5) is 10.6. The molecule has 0 aliphatic heterocycles. The summed E-state index contributed by atoms with van der Waals surface area (Å²) < 4.78 is 4.38. The maximum absolute atomic E-state index is 10.6. The first-order valence-corrected chi connectivity index (χ1v) is 3.51. The third-order valence-corrected chi connectivity index (χ3v) is 1.33. The van der Waals surface area contributed by atoms with E-state index in [9.17, 15) is 4.79 Å². The van der Waals surface area contributed by atoms with Crippen LogP contribution in [0, 0.1) is 0 Å². The van der Waals surface area contributed by atoms with Gasteiger partial charge in [-0.2, -0.15) is 0 Å². The van der Waals surface area contributed by atoms with E-state index in [4.69, 9.17) is 5.73 Å². The van der Waals surface area contributed by atoms with Gasteiger partial charge in [0.15, 0.2) is 0 Å². The van der Waals surface area contributed by atoms with Crippen molar-refractivity contribution in [2.45, 2.75) is 32.2 Å². The predicted octanol–water partition coefficient (Wildman–Crippen LogP) is -1.23. The van der Waals surface area contributed by atoms with Crippen LogP contribution in [0.3, 0.4) is 0 Å². The largest absolute Gasteiger partial charge is 1.00 e. The molecular formula is C7H14CsNO2. The molecule has 0 saturated carbocycles. The van der Waals surface area contributed by atoms with E-state index in [0.29, 0.717) is 6.42 Å². The smallest absolute Gasteiger partial charge is 0.665 e. The second-order valence-electron chi connectivity index (χ2n) is 2.22. The molecule has 0 saturated heterocycles. The van der Waals surface area contributed by atoms with Gasteiger partial charge in [0.1, 0.15) is 0 Å². The first-order valence-electron chi connectivity index (χ1n) is 3.51. The zero-order valence-electron chi connectivity index (χ0n) is 7.52. The Labute approximate surface area is 127 Å². The van der Waals surface area contributed by atoms with Crippen molar-refractivity contribution >= 4 is 5.97 Å². The van der Waals surface area contributed by atoms with Gasteiger partial charge in [0.2, 0.25) is 0 Å². The minimum absolute atomic E-state index is 0. The molecule has 1 N–H and O–H groups in total. The molecule has 0 aromatic carbocycles. The van der Waals surface area contributed by atoms with E-state index in [0.717, 1.165) is 12.8 Å². The molecule has 0 aromatic rings. The molecule has 11 heavy (non-hydrogen) atoms. The Balaban J connectivity index is 0. The summed E-state index contributed by atoms with van der Waals surface area (Å²) in [5.41, 5.74) is 7.21. The maximum atomic E-state index is 10.6. The molecule has 0 heterocycles. The third kappa shape index (κ3) is 7.83. The average molecular weight is 277 g/mol. The normalized spacial score (nSPS) is 11.5. The molecule has 1 unspecified atom stereocenters. The Hall–Kier alpha value is 1.48. The van der Waals surface area contributed by atoms with Crippen LogP contribution < -0.4 is 68.9 Å². The van der Waals surface area contributed by atoms with Crippen LogP contribution in [-0.4, -0.2) is 19.1 Å². The van der Waals surface area contributed by atoms with E-state index in [1.54, 1.807) is 0 Å². The summed E-state index contributed by atoms with van der Waals surface area (Å²) in [5, 5.41) is 0. The number of esters is 1. The number of rotatable bonds is 4. The molecule has 0 aliphatic carbocycles. The van der Waals surface area contributed by atoms with Crippen LogP contribution in [0.5, 0.6) is 0 Å². The van der Waals surface area contributed by atoms with Gasteiger partial charge >= 0.3 is 68.9 Å². The van der Waals surface area contributed by atoms with Crippen LogP contribution in [-0.2, 0) is 9.53 Å². The van der Waals surface area contributed by atoms with Gasteiger partial charge in [-0.3, -0.25) is 4.79 Å². The third-order valence-electron chi connectivity index (χ3n) is 1.33. The van der Waals surface area contributed by atoms with Gasteiger partial charge in [-0.05, 0) is 6.04 Å². The number of nitrogens with one attached hydrogen (secondary N) is 1. The molecule has 0 spiro atoms. The molecule has 0 rings (SSSR count). The molecule has 4 heteroatoms. The number of ether oxygens (including phenoxy) is 1. The van der Waals surface area contributed by atoms with Crippen LogP contribution in [0.15, 0.2) is 0 Å². The zero-order valence-corrected chi connectivity index (χ0v) is 13.8. The second kappa shape index (κ2) is 9.57. The van der Waals surface area contributed by atoms with Crippen molar-refractivity contribution in [2.75, 3.05) is 7.11 Å². The van der Waals surface area contributed by atoms with Crippen molar-refractivity contribution in [3.05, 3.63) is 5.73 Å². The van der Waals surface area contributed by atoms with Gasteiger partial charge in [-0.15, -0.1) is 0 Å². The quantitative estimate of drug-likeness (QED) is 0.604. The molecule has 1 atom stereocenters. The standard InChI is InChI=1S/C7H14NO2.Cs/c1-3-4-5-6(8)7(9)10-2;/h6,8H,3-5H2,1-2H3;/q-1;+1. The first kappa shape index (κ1) is 15.0. The van der Waals surface area contributed by atoms with Crippen molar-refractivity contribution in [1.82, 2.24) is 0 Å². The van der Waals surface area contributed by atoms with Crippen molar-refractivity contribution in [1.29, 1.82) is 0 Å². The fourth-order valence-corrected chi connectivity index (χ4v) is 0.668. The van der Waals surface area contributed by atoms with Crippen LogP contribution in [0.4, 0.5) is 0 Å². The fraction of sp³-hybridized carbons (Fsp3) is 0.857. The summed E-state index contributed by atoms with van der Waals surface area (Å²) in [6.45, 7) is 2.03. The minimum atomic E-state index is -0.676. The van der Waals surface area contributed by atoms with Gasteiger partial charge in [0, 0.05) is 0 Å². The summed E-state index contributed by atoms with van der Waals surface area (Å²) in [6, 6.07) is -0.676. The average Bonchev–Trinajstić information content (AvgIpc) is 1.98. The predicted molar refractivity (Wildman–Crippen MR) is 39.7 cm³/mol. The number of unbranched alkanes of at least 4 members (excludes halogenated alkanes) is 1. The molecule has 0 aliphatic rings. The number of hydrogen-bond acceptors (Lipinski definition) is 2. The Kier molecular flexibility index (Phi) is 13.0. The maximum Gasteiger partial charge on any atom is 1.00 e. The van der Waals surface area contributed by atoms with Crippen molar-refractivity contribution in [3.63, 3.8) is 0 Å². The van der Waals surface area contributed by atoms with E-state index >= 15 is 0 Å².